The number of nitrogens with two attached hydrogens (primary N) is 1. The molecule has 1 saturated heterocycles. The molecule has 1 heterocycles. The van der Waals surface area contributed by atoms with Gasteiger partial charge in [-0.25, -0.2) is 0 Å². The molecule has 1 aromatic rings. The third-order valence-corrected chi connectivity index (χ3v) is 3.34. The lowest BCUT2D eigenvalue weighted by Gasteiger charge is -2.29. The summed E-state index contributed by atoms with van der Waals surface area (Å²) in [5.41, 5.74) is 7.88. The number of hydrogen-bond acceptors (Lipinski definition) is 4. The van der Waals surface area contributed by atoms with Crippen LogP contribution in [0.3, 0.4) is 0 Å². The Morgan fingerprint density at radius 3 is 2.72 bits per heavy atom. The van der Waals surface area contributed by atoms with E-state index >= 15 is 0 Å². The lowest BCUT2D eigenvalue weighted by molar-refractivity contribution is 0.0607. The fourth-order valence-electron chi connectivity index (χ4n) is 2.03. The minimum Gasteiger partial charge on any atom is -0.398 e. The lowest BCUT2D eigenvalue weighted by atomic mass is 10.0. The maximum Gasteiger partial charge on any atom is 0.101 e. The zero-order valence-electron chi connectivity index (χ0n) is 11.1. The summed E-state index contributed by atoms with van der Waals surface area (Å²) in [6.07, 6.45) is 0.0249. The number of anilines is 1. The molecular formula is C14H19N3O. The molecule has 18 heavy (non-hydrogen) atoms. The molecule has 1 aliphatic rings. The summed E-state index contributed by atoms with van der Waals surface area (Å²) in [6, 6.07) is 7.64. The molecule has 2 rings (SSSR count). The molecule has 0 radical (unpaired) electrons. The van der Waals surface area contributed by atoms with Gasteiger partial charge in [0.1, 0.15) is 12.8 Å². The Morgan fingerprint density at radius 2 is 2.17 bits per heavy atom. The van der Waals surface area contributed by atoms with Crippen molar-refractivity contribution in [3.05, 3.63) is 29.3 Å². The Labute approximate surface area is 108 Å². The van der Waals surface area contributed by atoms with Crippen LogP contribution in [0.15, 0.2) is 18.2 Å². The van der Waals surface area contributed by atoms with E-state index in [2.05, 4.69) is 31.7 Å². The minimum atomic E-state index is 0.0249. The monoisotopic (exact) mass is 245 g/mol. The molecule has 4 nitrogen and oxygen atoms in total. The second-order valence-electron chi connectivity index (χ2n) is 5.64. The van der Waals surface area contributed by atoms with Gasteiger partial charge in [0.05, 0.1) is 11.7 Å². The predicted octanol–water partition coefficient (Wildman–Crippen LogP) is 2.27. The van der Waals surface area contributed by atoms with Crippen molar-refractivity contribution in [3.8, 4) is 6.07 Å². The number of nitrogen functional groups attached to an aromatic ring is 1. The summed E-state index contributed by atoms with van der Waals surface area (Å²) in [7, 11) is 0. The molecule has 0 spiro atoms. The third kappa shape index (κ3) is 2.47. The molecule has 1 aromatic carbocycles. The number of benzene rings is 1. The van der Waals surface area contributed by atoms with Crippen molar-refractivity contribution in [2.75, 3.05) is 19.0 Å². The first-order valence-electron chi connectivity index (χ1n) is 6.08. The van der Waals surface area contributed by atoms with Crippen molar-refractivity contribution < 1.29 is 4.74 Å². The van der Waals surface area contributed by atoms with Crippen molar-refractivity contribution >= 4 is 5.69 Å². The molecule has 0 amide bonds. The predicted molar refractivity (Wildman–Crippen MR) is 70.7 cm³/mol. The Bertz CT molecular complexity index is 485. The van der Waals surface area contributed by atoms with Gasteiger partial charge in [-0.05, 0) is 38.5 Å². The van der Waals surface area contributed by atoms with Crippen LogP contribution < -0.4 is 5.73 Å². The average molecular weight is 245 g/mol. The fraction of sp³-hybridized carbons (Fsp3) is 0.500. The van der Waals surface area contributed by atoms with Crippen molar-refractivity contribution in [2.45, 2.75) is 32.4 Å². The van der Waals surface area contributed by atoms with Crippen LogP contribution in [0.5, 0.6) is 0 Å². The van der Waals surface area contributed by atoms with Gasteiger partial charge in [-0.1, -0.05) is 6.07 Å². The van der Waals surface area contributed by atoms with E-state index in [-0.39, 0.29) is 11.6 Å². The summed E-state index contributed by atoms with van der Waals surface area (Å²) in [6.45, 7) is 7.98. The Morgan fingerprint density at radius 1 is 1.44 bits per heavy atom. The van der Waals surface area contributed by atoms with E-state index in [1.165, 1.54) is 0 Å². The molecule has 1 fully saturated rings. The molecular weight excluding hydrogens is 226 g/mol. The minimum absolute atomic E-state index is 0.0249. The largest absolute Gasteiger partial charge is 0.398 e. The van der Waals surface area contributed by atoms with Gasteiger partial charge >= 0.3 is 0 Å². The van der Waals surface area contributed by atoms with Gasteiger partial charge in [-0.15, -0.1) is 0 Å². The van der Waals surface area contributed by atoms with Gasteiger partial charge < -0.3 is 10.5 Å². The zero-order chi connectivity index (χ0) is 13.3. The van der Waals surface area contributed by atoms with Crippen LogP contribution in [0.1, 0.15) is 38.0 Å². The van der Waals surface area contributed by atoms with Gasteiger partial charge in [0.2, 0.25) is 0 Å². The van der Waals surface area contributed by atoms with E-state index in [9.17, 15) is 0 Å². The van der Waals surface area contributed by atoms with Crippen molar-refractivity contribution in [1.29, 1.82) is 5.26 Å². The Balaban J connectivity index is 2.18. The summed E-state index contributed by atoms with van der Waals surface area (Å²) in [5.74, 6) is 0. The summed E-state index contributed by atoms with van der Waals surface area (Å²) < 4.78 is 5.79. The van der Waals surface area contributed by atoms with Crippen molar-refractivity contribution in [1.82, 2.24) is 4.90 Å². The summed E-state index contributed by atoms with van der Waals surface area (Å²) >= 11 is 0. The number of hydrogen-bond donors (Lipinski definition) is 1. The third-order valence-electron chi connectivity index (χ3n) is 3.34. The zero-order valence-corrected chi connectivity index (χ0v) is 11.1. The topological polar surface area (TPSA) is 62.3 Å². The molecule has 4 heteroatoms. The van der Waals surface area contributed by atoms with Crippen LogP contribution in [0, 0.1) is 11.3 Å². The lowest BCUT2D eigenvalue weighted by Crippen LogP contribution is -2.39. The van der Waals surface area contributed by atoms with Gasteiger partial charge in [0.15, 0.2) is 0 Å². The maximum absolute atomic E-state index is 8.99. The van der Waals surface area contributed by atoms with E-state index in [4.69, 9.17) is 15.7 Å². The Hall–Kier alpha value is -1.57. The fourth-order valence-corrected chi connectivity index (χ4v) is 2.03. The maximum atomic E-state index is 8.99. The molecule has 2 N–H and O–H groups in total. The van der Waals surface area contributed by atoms with Crippen LogP contribution in [-0.4, -0.2) is 23.7 Å². The molecule has 0 aromatic heterocycles. The molecule has 1 aliphatic heterocycles. The van der Waals surface area contributed by atoms with Gasteiger partial charge in [-0.2, -0.15) is 5.26 Å². The number of nitrogens with zero attached hydrogens (tertiary/aromatic N) is 2. The molecule has 0 aliphatic carbocycles. The number of rotatable bonds is 1. The first kappa shape index (κ1) is 12.9. The highest BCUT2D eigenvalue weighted by Crippen LogP contribution is 2.30. The Kier molecular flexibility index (Phi) is 3.29. The van der Waals surface area contributed by atoms with E-state index in [0.29, 0.717) is 18.0 Å². The molecule has 1 atom stereocenters. The molecule has 96 valence electrons. The normalized spacial score (nSPS) is 20.9. The first-order chi connectivity index (χ1) is 8.41. The van der Waals surface area contributed by atoms with E-state index in [1.54, 1.807) is 6.07 Å². The van der Waals surface area contributed by atoms with Crippen molar-refractivity contribution in [3.63, 3.8) is 0 Å². The van der Waals surface area contributed by atoms with Crippen molar-refractivity contribution in [2.24, 2.45) is 0 Å². The second-order valence-corrected chi connectivity index (χ2v) is 5.64. The first-order valence-corrected chi connectivity index (χ1v) is 6.08. The summed E-state index contributed by atoms with van der Waals surface area (Å²) in [5, 5.41) is 8.99. The van der Waals surface area contributed by atoms with E-state index in [0.717, 1.165) is 12.1 Å². The van der Waals surface area contributed by atoms with Crippen LogP contribution in [0.2, 0.25) is 0 Å². The van der Waals surface area contributed by atoms with Gasteiger partial charge in [0.25, 0.3) is 0 Å². The quantitative estimate of drug-likeness (QED) is 0.771. The standard InChI is InChI=1S/C14H19N3O/c1-14(2,3)17-8-13(18-9-17)10-4-5-12(16)11(6-10)7-15/h4-6,13H,8-9,16H2,1-3H3. The number of ether oxygens (including phenoxy) is 1. The highest BCUT2D eigenvalue weighted by atomic mass is 16.5. The van der Waals surface area contributed by atoms with Gasteiger partial charge in [0, 0.05) is 17.8 Å². The van der Waals surface area contributed by atoms with Crippen LogP contribution in [0.25, 0.3) is 0 Å². The van der Waals surface area contributed by atoms with E-state index < -0.39 is 0 Å². The second kappa shape index (κ2) is 4.60. The molecule has 1 unspecified atom stereocenters. The van der Waals surface area contributed by atoms with Crippen LogP contribution in [0.4, 0.5) is 5.69 Å². The average Bonchev–Trinajstić information content (AvgIpc) is 2.78. The van der Waals surface area contributed by atoms with Crippen LogP contribution in [-0.2, 0) is 4.74 Å². The molecule has 0 saturated carbocycles. The highest BCUT2D eigenvalue weighted by Gasteiger charge is 2.31. The summed E-state index contributed by atoms with van der Waals surface area (Å²) in [4.78, 5) is 2.28. The van der Waals surface area contributed by atoms with E-state index in [1.807, 2.05) is 12.1 Å². The van der Waals surface area contributed by atoms with Crippen LogP contribution >= 0.6 is 0 Å². The van der Waals surface area contributed by atoms with Gasteiger partial charge in [-0.3, -0.25) is 4.90 Å². The molecule has 0 bridgehead atoms. The number of nitriles is 1. The SMILES string of the molecule is CC(C)(C)N1COC(c2ccc(N)c(C#N)c2)C1. The highest BCUT2D eigenvalue weighted by molar-refractivity contribution is 5.55. The smallest absolute Gasteiger partial charge is 0.101 e.